The van der Waals surface area contributed by atoms with Crippen LogP contribution < -0.4 is 5.32 Å². The minimum Gasteiger partial charge on any atom is -0.371 e. The number of hydrogen-bond donors (Lipinski definition) is 2. The third kappa shape index (κ3) is 2.31. The molecule has 0 aliphatic carbocycles. The molecule has 2 aromatic carbocycles. The first-order valence-corrected chi connectivity index (χ1v) is 8.32. The van der Waals surface area contributed by atoms with E-state index in [2.05, 4.69) is 5.32 Å². The number of hydrogen-bond acceptors (Lipinski definition) is 4. The van der Waals surface area contributed by atoms with Crippen LogP contribution >= 0.6 is 0 Å². The summed E-state index contributed by atoms with van der Waals surface area (Å²) >= 11 is 0. The summed E-state index contributed by atoms with van der Waals surface area (Å²) in [5.74, 6) is 0.762. The molecular weight excluding hydrogens is 300 g/mol. The highest BCUT2D eigenvalue weighted by Crippen LogP contribution is 2.43. The normalized spacial score (nSPS) is 23.0. The minimum absolute atomic E-state index is 0.0168. The lowest BCUT2D eigenvalue weighted by molar-refractivity contribution is -0.0895. The first-order chi connectivity index (χ1) is 11.7. The molecule has 1 saturated heterocycles. The van der Waals surface area contributed by atoms with Gasteiger partial charge < -0.3 is 15.3 Å². The van der Waals surface area contributed by atoms with E-state index in [0.29, 0.717) is 17.6 Å². The van der Waals surface area contributed by atoms with E-state index in [0.717, 1.165) is 30.9 Å². The number of nitrogens with zero attached hydrogens (tertiary/aromatic N) is 1. The van der Waals surface area contributed by atoms with Gasteiger partial charge in [0.2, 0.25) is 0 Å². The molecule has 2 aliphatic heterocycles. The molecule has 2 heterocycles. The zero-order valence-electron chi connectivity index (χ0n) is 13.4. The lowest BCUT2D eigenvalue weighted by atomic mass is 9.94. The van der Waals surface area contributed by atoms with Crippen molar-refractivity contribution in [2.45, 2.75) is 18.6 Å². The third-order valence-corrected chi connectivity index (χ3v) is 4.82. The summed E-state index contributed by atoms with van der Waals surface area (Å²) in [7, 11) is 0. The number of carbonyl (C=O) groups excluding carboxylic acids is 1. The van der Waals surface area contributed by atoms with Crippen molar-refractivity contribution in [2.24, 2.45) is 0 Å². The summed E-state index contributed by atoms with van der Waals surface area (Å²) in [6, 6.07) is 18.9. The van der Waals surface area contributed by atoms with Gasteiger partial charge in [0, 0.05) is 36.2 Å². The third-order valence-electron chi connectivity index (χ3n) is 4.82. The highest BCUT2D eigenvalue weighted by molar-refractivity contribution is 6.09. The number of ketones is 1. The Hall–Kier alpha value is -2.59. The summed E-state index contributed by atoms with van der Waals surface area (Å²) in [5.41, 5.74) is 0.975. The van der Waals surface area contributed by atoms with Crippen LogP contribution in [0.1, 0.15) is 28.8 Å². The Morgan fingerprint density at radius 2 is 1.71 bits per heavy atom. The fourth-order valence-corrected chi connectivity index (χ4v) is 3.63. The van der Waals surface area contributed by atoms with E-state index in [4.69, 9.17) is 0 Å². The fraction of sp³-hybridized carbons (Fsp3) is 0.250. The molecule has 24 heavy (non-hydrogen) atoms. The Labute approximate surface area is 141 Å². The quantitative estimate of drug-likeness (QED) is 0.854. The van der Waals surface area contributed by atoms with E-state index < -0.39 is 5.72 Å². The SMILES string of the molecule is O=C(C1=C2NCCCN2C(O)(c2ccccc2)C1)c1ccccc1. The van der Waals surface area contributed by atoms with E-state index in [9.17, 15) is 9.90 Å². The Morgan fingerprint density at radius 3 is 2.42 bits per heavy atom. The Kier molecular flexibility index (Phi) is 3.62. The summed E-state index contributed by atoms with van der Waals surface area (Å²) in [4.78, 5) is 14.9. The molecule has 1 atom stereocenters. The molecule has 2 N–H and O–H groups in total. The second-order valence-electron chi connectivity index (χ2n) is 6.31. The zero-order valence-corrected chi connectivity index (χ0v) is 13.4. The van der Waals surface area contributed by atoms with Crippen LogP contribution in [-0.4, -0.2) is 28.9 Å². The molecule has 0 saturated carbocycles. The van der Waals surface area contributed by atoms with Gasteiger partial charge in [0.15, 0.2) is 11.5 Å². The topological polar surface area (TPSA) is 52.6 Å². The van der Waals surface area contributed by atoms with E-state index >= 15 is 0 Å². The number of aliphatic hydroxyl groups is 1. The van der Waals surface area contributed by atoms with Gasteiger partial charge in [-0.3, -0.25) is 4.79 Å². The number of Topliss-reactive ketones (excluding diaryl/α,β-unsaturated/α-hetero) is 1. The predicted molar refractivity (Wildman–Crippen MR) is 92.1 cm³/mol. The van der Waals surface area contributed by atoms with Gasteiger partial charge in [-0.2, -0.15) is 0 Å². The molecule has 2 aromatic rings. The van der Waals surface area contributed by atoms with E-state index in [1.807, 2.05) is 65.6 Å². The van der Waals surface area contributed by atoms with Crippen molar-refractivity contribution in [3.05, 3.63) is 83.2 Å². The van der Waals surface area contributed by atoms with Crippen molar-refractivity contribution < 1.29 is 9.90 Å². The standard InChI is InChI=1S/C20H20N2O2/c23-18(15-8-3-1-4-9-15)17-14-20(24,16-10-5-2-6-11-16)22-13-7-12-21-19(17)22/h1-6,8-11,21,24H,7,12-14H2. The van der Waals surface area contributed by atoms with Crippen molar-refractivity contribution in [3.63, 3.8) is 0 Å². The zero-order chi connectivity index (χ0) is 16.6. The molecule has 4 heteroatoms. The molecule has 0 bridgehead atoms. The molecule has 122 valence electrons. The molecule has 4 nitrogen and oxygen atoms in total. The average Bonchev–Trinajstić information content (AvgIpc) is 2.97. The average molecular weight is 320 g/mol. The minimum atomic E-state index is -1.16. The molecule has 0 amide bonds. The number of fused-ring (bicyclic) bond motifs is 1. The Morgan fingerprint density at radius 1 is 1.04 bits per heavy atom. The van der Waals surface area contributed by atoms with Crippen molar-refractivity contribution in [1.82, 2.24) is 10.2 Å². The van der Waals surface area contributed by atoms with Crippen molar-refractivity contribution >= 4 is 5.78 Å². The summed E-state index contributed by atoms with van der Waals surface area (Å²) in [5, 5.41) is 14.7. The van der Waals surface area contributed by atoms with Gasteiger partial charge in [-0.25, -0.2) is 0 Å². The number of carbonyl (C=O) groups is 1. The smallest absolute Gasteiger partial charge is 0.192 e. The van der Waals surface area contributed by atoms with Crippen molar-refractivity contribution in [2.75, 3.05) is 13.1 Å². The summed E-state index contributed by atoms with van der Waals surface area (Å²) in [6.07, 6.45) is 1.23. The summed E-state index contributed by atoms with van der Waals surface area (Å²) < 4.78 is 0. The Bertz CT molecular complexity index is 786. The predicted octanol–water partition coefficient (Wildman–Crippen LogP) is 2.63. The molecule has 0 spiro atoms. The first kappa shape index (κ1) is 15.0. The van der Waals surface area contributed by atoms with Crippen LogP contribution in [0.15, 0.2) is 72.1 Å². The highest BCUT2D eigenvalue weighted by atomic mass is 16.3. The van der Waals surface area contributed by atoms with Crippen LogP contribution in [-0.2, 0) is 5.72 Å². The van der Waals surface area contributed by atoms with Crippen LogP contribution in [0.25, 0.3) is 0 Å². The van der Waals surface area contributed by atoms with Crippen LogP contribution in [0.4, 0.5) is 0 Å². The monoisotopic (exact) mass is 320 g/mol. The van der Waals surface area contributed by atoms with Gasteiger partial charge >= 0.3 is 0 Å². The van der Waals surface area contributed by atoms with Crippen molar-refractivity contribution in [1.29, 1.82) is 0 Å². The van der Waals surface area contributed by atoms with Crippen molar-refractivity contribution in [3.8, 4) is 0 Å². The molecule has 4 rings (SSSR count). The number of nitrogens with one attached hydrogen (secondary N) is 1. The van der Waals surface area contributed by atoms with E-state index in [1.165, 1.54) is 0 Å². The van der Waals surface area contributed by atoms with Gasteiger partial charge in [0.1, 0.15) is 5.82 Å². The lowest BCUT2D eigenvalue weighted by Crippen LogP contribution is -2.48. The van der Waals surface area contributed by atoms with E-state index in [-0.39, 0.29) is 5.78 Å². The molecule has 1 unspecified atom stereocenters. The number of benzene rings is 2. The molecule has 1 fully saturated rings. The lowest BCUT2D eigenvalue weighted by Gasteiger charge is -2.40. The maximum atomic E-state index is 13.0. The first-order valence-electron chi connectivity index (χ1n) is 8.32. The largest absolute Gasteiger partial charge is 0.371 e. The van der Waals surface area contributed by atoms with Crippen LogP contribution in [0.5, 0.6) is 0 Å². The van der Waals surface area contributed by atoms with E-state index in [1.54, 1.807) is 0 Å². The maximum absolute atomic E-state index is 13.0. The highest BCUT2D eigenvalue weighted by Gasteiger charge is 2.47. The maximum Gasteiger partial charge on any atom is 0.192 e. The van der Waals surface area contributed by atoms with Crippen LogP contribution in [0.2, 0.25) is 0 Å². The van der Waals surface area contributed by atoms with Gasteiger partial charge in [-0.05, 0) is 6.42 Å². The molecular formula is C20H20N2O2. The van der Waals surface area contributed by atoms with Gasteiger partial charge in [0.05, 0.1) is 0 Å². The molecule has 0 radical (unpaired) electrons. The Balaban J connectivity index is 1.76. The van der Waals surface area contributed by atoms with Crippen LogP contribution in [0, 0.1) is 0 Å². The molecule has 0 aromatic heterocycles. The second kappa shape index (κ2) is 5.80. The molecule has 2 aliphatic rings. The number of rotatable bonds is 3. The summed E-state index contributed by atoms with van der Waals surface area (Å²) in [6.45, 7) is 1.56. The second-order valence-corrected chi connectivity index (χ2v) is 6.31. The van der Waals surface area contributed by atoms with Gasteiger partial charge in [0.25, 0.3) is 0 Å². The fourth-order valence-electron chi connectivity index (χ4n) is 3.63. The van der Waals surface area contributed by atoms with Gasteiger partial charge in [-0.15, -0.1) is 0 Å². The van der Waals surface area contributed by atoms with Crippen LogP contribution in [0.3, 0.4) is 0 Å². The van der Waals surface area contributed by atoms with Gasteiger partial charge in [-0.1, -0.05) is 60.7 Å².